The van der Waals surface area contributed by atoms with Crippen LogP contribution in [-0.2, 0) is 16.8 Å². The summed E-state index contributed by atoms with van der Waals surface area (Å²) < 4.78 is 0. The van der Waals surface area contributed by atoms with Crippen molar-refractivity contribution in [3.8, 4) is 0 Å². The van der Waals surface area contributed by atoms with Crippen LogP contribution in [0.2, 0.25) is 0 Å². The second-order valence-electron chi connectivity index (χ2n) is 6.54. The summed E-state index contributed by atoms with van der Waals surface area (Å²) in [4.78, 5) is 0. The van der Waals surface area contributed by atoms with E-state index < -0.39 is 16.8 Å². The van der Waals surface area contributed by atoms with Gasteiger partial charge in [0.25, 0.3) is 0 Å². The zero-order valence-electron chi connectivity index (χ0n) is 12.8. The molecule has 0 bridgehead atoms. The first-order chi connectivity index (χ1) is 8.38. The van der Waals surface area contributed by atoms with Crippen LogP contribution in [0.25, 0.3) is 0 Å². The van der Waals surface area contributed by atoms with Crippen molar-refractivity contribution in [3.63, 3.8) is 0 Å². The van der Waals surface area contributed by atoms with Crippen LogP contribution in [0.4, 0.5) is 0 Å². The van der Waals surface area contributed by atoms with Crippen LogP contribution in [0.1, 0.15) is 64.7 Å². The van der Waals surface area contributed by atoms with E-state index in [0.717, 1.165) is 0 Å². The van der Waals surface area contributed by atoms with E-state index in [0.29, 0.717) is 23.1 Å². The number of benzene rings is 1. The molecule has 3 heteroatoms. The Balaban J connectivity index is 3.51. The van der Waals surface area contributed by atoms with Gasteiger partial charge in [-0.15, -0.1) is 0 Å². The van der Waals surface area contributed by atoms with Gasteiger partial charge in [0.1, 0.15) is 0 Å². The third-order valence-corrected chi connectivity index (χ3v) is 3.66. The lowest BCUT2D eigenvalue weighted by Crippen LogP contribution is -2.25. The van der Waals surface area contributed by atoms with Gasteiger partial charge >= 0.3 is 0 Å². The zero-order chi connectivity index (χ0) is 15.1. The molecule has 0 saturated carbocycles. The molecule has 1 aromatic rings. The summed E-state index contributed by atoms with van der Waals surface area (Å²) in [5, 5.41) is 30.8. The Morgan fingerprint density at radius 1 is 0.737 bits per heavy atom. The minimum atomic E-state index is -1.01. The molecule has 1 atom stereocenters. The number of aliphatic hydroxyl groups is 3. The summed E-state index contributed by atoms with van der Waals surface area (Å²) in [6, 6.07) is 5.40. The van der Waals surface area contributed by atoms with Crippen LogP contribution in [0, 0.1) is 0 Å². The van der Waals surface area contributed by atoms with E-state index in [-0.39, 0.29) is 0 Å². The highest BCUT2D eigenvalue weighted by Crippen LogP contribution is 2.33. The monoisotopic (exact) mass is 266 g/mol. The Morgan fingerprint density at radius 3 is 1.32 bits per heavy atom. The highest BCUT2D eigenvalue weighted by molar-refractivity contribution is 5.38. The van der Waals surface area contributed by atoms with Crippen LogP contribution in [0.5, 0.6) is 0 Å². The number of hydrogen-bond donors (Lipinski definition) is 3. The van der Waals surface area contributed by atoms with E-state index >= 15 is 0 Å². The summed E-state index contributed by atoms with van der Waals surface area (Å²) in [6.07, 6.45) is 0.563. The molecular formula is C16H26O3. The zero-order valence-corrected chi connectivity index (χ0v) is 12.8. The van der Waals surface area contributed by atoms with E-state index in [1.54, 1.807) is 52.8 Å². The predicted molar refractivity (Wildman–Crippen MR) is 76.8 cm³/mol. The van der Waals surface area contributed by atoms with E-state index in [1.807, 2.05) is 6.92 Å². The molecule has 0 aliphatic carbocycles. The molecule has 0 heterocycles. The van der Waals surface area contributed by atoms with Gasteiger partial charge in [-0.3, -0.25) is 0 Å². The van der Waals surface area contributed by atoms with Gasteiger partial charge in [0.05, 0.1) is 16.8 Å². The van der Waals surface area contributed by atoms with Crippen LogP contribution in [-0.4, -0.2) is 15.3 Å². The molecular weight excluding hydrogens is 240 g/mol. The van der Waals surface area contributed by atoms with Crippen molar-refractivity contribution in [2.24, 2.45) is 0 Å². The second-order valence-corrected chi connectivity index (χ2v) is 6.54. The fraction of sp³-hybridized carbons (Fsp3) is 0.625. The van der Waals surface area contributed by atoms with Crippen LogP contribution in [0.15, 0.2) is 18.2 Å². The van der Waals surface area contributed by atoms with Gasteiger partial charge in [0.15, 0.2) is 0 Å². The first kappa shape index (κ1) is 16.2. The van der Waals surface area contributed by atoms with Gasteiger partial charge < -0.3 is 15.3 Å². The van der Waals surface area contributed by atoms with E-state index in [9.17, 15) is 15.3 Å². The first-order valence-corrected chi connectivity index (χ1v) is 6.71. The summed E-state index contributed by atoms with van der Waals surface area (Å²) in [5.74, 6) is 0. The predicted octanol–water partition coefficient (Wildman–Crippen LogP) is 2.76. The number of rotatable bonds is 4. The summed E-state index contributed by atoms with van der Waals surface area (Å²) in [6.45, 7) is 10.4. The lowest BCUT2D eigenvalue weighted by molar-refractivity contribution is 0.0491. The quantitative estimate of drug-likeness (QED) is 0.785. The van der Waals surface area contributed by atoms with Crippen molar-refractivity contribution in [2.75, 3.05) is 0 Å². The molecule has 19 heavy (non-hydrogen) atoms. The standard InChI is InChI=1S/C16H26O3/c1-7-16(6,19)13-9-11(14(2,3)17)8-12(10-13)15(4,5)18/h8-10,17-19H,7H2,1-6H3. The van der Waals surface area contributed by atoms with Crippen molar-refractivity contribution in [1.29, 1.82) is 0 Å². The minimum Gasteiger partial charge on any atom is -0.386 e. The molecule has 0 amide bonds. The van der Waals surface area contributed by atoms with E-state index in [1.165, 1.54) is 0 Å². The Bertz CT molecular complexity index is 416. The first-order valence-electron chi connectivity index (χ1n) is 6.71. The Morgan fingerprint density at radius 2 is 1.05 bits per heavy atom. The third kappa shape index (κ3) is 3.78. The van der Waals surface area contributed by atoms with Crippen molar-refractivity contribution in [3.05, 3.63) is 34.9 Å². The van der Waals surface area contributed by atoms with Crippen LogP contribution in [0.3, 0.4) is 0 Å². The molecule has 0 saturated heterocycles. The highest BCUT2D eigenvalue weighted by atomic mass is 16.3. The molecule has 0 aromatic heterocycles. The van der Waals surface area contributed by atoms with Gasteiger partial charge in [-0.1, -0.05) is 25.1 Å². The van der Waals surface area contributed by atoms with Gasteiger partial charge in [-0.2, -0.15) is 0 Å². The van der Waals surface area contributed by atoms with Gasteiger partial charge in [-0.05, 0) is 57.7 Å². The van der Waals surface area contributed by atoms with Crippen molar-refractivity contribution in [2.45, 2.75) is 64.8 Å². The fourth-order valence-electron chi connectivity index (χ4n) is 1.85. The summed E-state index contributed by atoms with van der Waals surface area (Å²) in [7, 11) is 0. The van der Waals surface area contributed by atoms with Crippen molar-refractivity contribution >= 4 is 0 Å². The summed E-state index contributed by atoms with van der Waals surface area (Å²) >= 11 is 0. The van der Waals surface area contributed by atoms with Crippen molar-refractivity contribution < 1.29 is 15.3 Å². The third-order valence-electron chi connectivity index (χ3n) is 3.66. The molecule has 3 N–H and O–H groups in total. The molecule has 108 valence electrons. The molecule has 0 aliphatic rings. The van der Waals surface area contributed by atoms with Gasteiger partial charge in [0, 0.05) is 0 Å². The Hall–Kier alpha value is -0.900. The second kappa shape index (κ2) is 4.89. The maximum atomic E-state index is 10.4. The van der Waals surface area contributed by atoms with Gasteiger partial charge in [0.2, 0.25) is 0 Å². The Labute approximate surface area is 115 Å². The maximum absolute atomic E-state index is 10.4. The molecule has 1 unspecified atom stereocenters. The largest absolute Gasteiger partial charge is 0.386 e. The fourth-order valence-corrected chi connectivity index (χ4v) is 1.85. The molecule has 0 fully saturated rings. The molecule has 0 radical (unpaired) electrons. The van der Waals surface area contributed by atoms with Crippen LogP contribution < -0.4 is 0 Å². The number of hydrogen-bond acceptors (Lipinski definition) is 3. The van der Waals surface area contributed by atoms with E-state index in [2.05, 4.69) is 0 Å². The molecule has 0 spiro atoms. The minimum absolute atomic E-state index is 0.563. The van der Waals surface area contributed by atoms with Gasteiger partial charge in [-0.25, -0.2) is 0 Å². The molecule has 3 nitrogen and oxygen atoms in total. The average molecular weight is 266 g/mol. The molecule has 1 aromatic carbocycles. The Kier molecular flexibility index (Phi) is 4.16. The van der Waals surface area contributed by atoms with E-state index in [4.69, 9.17) is 0 Å². The SMILES string of the molecule is CCC(C)(O)c1cc(C(C)(C)O)cc(C(C)(C)O)c1. The lowest BCUT2D eigenvalue weighted by Gasteiger charge is -2.29. The maximum Gasteiger partial charge on any atom is 0.0866 e. The smallest absolute Gasteiger partial charge is 0.0866 e. The van der Waals surface area contributed by atoms with Crippen LogP contribution >= 0.6 is 0 Å². The average Bonchev–Trinajstić information content (AvgIpc) is 2.26. The normalized spacial score (nSPS) is 16.3. The molecule has 1 rings (SSSR count). The molecule has 0 aliphatic heterocycles. The lowest BCUT2D eigenvalue weighted by atomic mass is 9.83. The summed E-state index contributed by atoms with van der Waals surface area (Å²) in [5.41, 5.74) is -0.903. The topological polar surface area (TPSA) is 60.7 Å². The van der Waals surface area contributed by atoms with Crippen molar-refractivity contribution in [1.82, 2.24) is 0 Å². The highest BCUT2D eigenvalue weighted by Gasteiger charge is 2.28.